The minimum absolute atomic E-state index is 0.0461. The molecule has 25 heavy (non-hydrogen) atoms. The second-order valence-electron chi connectivity index (χ2n) is 4.94. The van der Waals surface area contributed by atoms with E-state index < -0.39 is 17.6 Å². The van der Waals surface area contributed by atoms with E-state index >= 15 is 0 Å². The van der Waals surface area contributed by atoms with Crippen LogP contribution < -0.4 is 15.4 Å². The summed E-state index contributed by atoms with van der Waals surface area (Å²) in [5.41, 5.74) is -0.787. The van der Waals surface area contributed by atoms with Crippen LogP contribution in [0.3, 0.4) is 0 Å². The summed E-state index contributed by atoms with van der Waals surface area (Å²) >= 11 is 11.5. The molecule has 0 atom stereocenters. The standard InChI is InChI=1S/C16H13Cl2F3N2O2/c1-25-14-5-3-10(7-12(14)18)23-15(24)8-22-13-4-2-9(17)6-11(13)16(19,20)21/h2-7,22H,8H2,1H3,(H,23,24). The maximum atomic E-state index is 13.0. The van der Waals surface area contributed by atoms with Crippen molar-refractivity contribution < 1.29 is 22.7 Å². The van der Waals surface area contributed by atoms with Crippen molar-refractivity contribution in [2.75, 3.05) is 24.3 Å². The summed E-state index contributed by atoms with van der Waals surface area (Å²) in [5.74, 6) is -0.0990. The molecule has 0 saturated carbocycles. The largest absolute Gasteiger partial charge is 0.495 e. The Kier molecular flexibility index (Phi) is 6.02. The first-order valence-electron chi connectivity index (χ1n) is 6.94. The van der Waals surface area contributed by atoms with Crippen LogP contribution in [0.25, 0.3) is 0 Å². The Labute approximate surface area is 151 Å². The molecule has 0 bridgehead atoms. The van der Waals surface area contributed by atoms with Crippen molar-refractivity contribution in [3.05, 3.63) is 52.0 Å². The third-order valence-electron chi connectivity index (χ3n) is 3.16. The normalized spacial score (nSPS) is 11.1. The molecule has 134 valence electrons. The van der Waals surface area contributed by atoms with Gasteiger partial charge in [0.05, 0.1) is 24.2 Å². The first-order chi connectivity index (χ1) is 11.7. The molecule has 2 aromatic carbocycles. The monoisotopic (exact) mass is 392 g/mol. The van der Waals surface area contributed by atoms with Gasteiger partial charge in [0.15, 0.2) is 0 Å². The van der Waals surface area contributed by atoms with Crippen LogP contribution in [0.1, 0.15) is 5.56 Å². The summed E-state index contributed by atoms with van der Waals surface area (Å²) in [6.07, 6.45) is -4.59. The molecule has 2 N–H and O–H groups in total. The quantitative estimate of drug-likeness (QED) is 0.746. The Morgan fingerprint density at radius 2 is 1.88 bits per heavy atom. The number of hydrogen-bond donors (Lipinski definition) is 2. The van der Waals surface area contributed by atoms with Gasteiger partial charge >= 0.3 is 6.18 Å². The Morgan fingerprint density at radius 1 is 1.16 bits per heavy atom. The summed E-state index contributed by atoms with van der Waals surface area (Å²) in [6, 6.07) is 7.87. The number of alkyl halides is 3. The molecule has 0 heterocycles. The number of methoxy groups -OCH3 is 1. The molecule has 0 aromatic heterocycles. The minimum atomic E-state index is -4.59. The molecular formula is C16H13Cl2F3N2O2. The second-order valence-corrected chi connectivity index (χ2v) is 5.78. The van der Waals surface area contributed by atoms with Crippen LogP contribution in [0.2, 0.25) is 10.0 Å². The molecule has 0 spiro atoms. The van der Waals surface area contributed by atoms with E-state index in [1.54, 1.807) is 12.1 Å². The fourth-order valence-corrected chi connectivity index (χ4v) is 2.46. The Hall–Kier alpha value is -2.12. The van der Waals surface area contributed by atoms with Crippen molar-refractivity contribution in [3.8, 4) is 5.75 Å². The number of nitrogens with one attached hydrogen (secondary N) is 2. The van der Waals surface area contributed by atoms with Gasteiger partial charge in [-0.1, -0.05) is 23.2 Å². The number of rotatable bonds is 5. The molecule has 0 unspecified atom stereocenters. The first-order valence-corrected chi connectivity index (χ1v) is 7.70. The lowest BCUT2D eigenvalue weighted by molar-refractivity contribution is -0.137. The van der Waals surface area contributed by atoms with Gasteiger partial charge in [-0.25, -0.2) is 0 Å². The van der Waals surface area contributed by atoms with E-state index in [9.17, 15) is 18.0 Å². The number of halogens is 5. The van der Waals surface area contributed by atoms with Gasteiger partial charge in [0.1, 0.15) is 5.75 Å². The maximum absolute atomic E-state index is 13.0. The molecule has 0 saturated heterocycles. The van der Waals surface area contributed by atoms with Gasteiger partial charge in [-0.05, 0) is 36.4 Å². The van der Waals surface area contributed by atoms with E-state index in [0.29, 0.717) is 16.5 Å². The van der Waals surface area contributed by atoms with E-state index in [-0.39, 0.29) is 17.3 Å². The number of anilines is 2. The highest BCUT2D eigenvalue weighted by molar-refractivity contribution is 6.32. The van der Waals surface area contributed by atoms with Gasteiger partial charge in [0.25, 0.3) is 0 Å². The third kappa shape index (κ3) is 5.17. The maximum Gasteiger partial charge on any atom is 0.418 e. The average Bonchev–Trinajstić information content (AvgIpc) is 2.53. The van der Waals surface area contributed by atoms with Crippen LogP contribution in [0.5, 0.6) is 5.75 Å². The van der Waals surface area contributed by atoms with Crippen molar-refractivity contribution in [1.29, 1.82) is 0 Å². The van der Waals surface area contributed by atoms with E-state index in [2.05, 4.69) is 10.6 Å². The highest BCUT2D eigenvalue weighted by Gasteiger charge is 2.33. The van der Waals surface area contributed by atoms with Crippen molar-refractivity contribution >= 4 is 40.5 Å². The summed E-state index contributed by atoms with van der Waals surface area (Å²) in [5, 5.41) is 5.23. The van der Waals surface area contributed by atoms with E-state index in [1.165, 1.54) is 25.3 Å². The fraction of sp³-hybridized carbons (Fsp3) is 0.188. The SMILES string of the molecule is COc1ccc(NC(=O)CNc2ccc(Cl)cc2C(F)(F)F)cc1Cl. The lowest BCUT2D eigenvalue weighted by Crippen LogP contribution is -2.23. The van der Waals surface area contributed by atoms with Gasteiger partial charge in [-0.3, -0.25) is 4.79 Å². The first kappa shape index (κ1) is 19.2. The van der Waals surface area contributed by atoms with Gasteiger partial charge < -0.3 is 15.4 Å². The number of hydrogen-bond acceptors (Lipinski definition) is 3. The number of carbonyl (C=O) groups is 1. The molecule has 0 aliphatic heterocycles. The predicted molar refractivity (Wildman–Crippen MR) is 91.6 cm³/mol. The Morgan fingerprint density at radius 3 is 2.48 bits per heavy atom. The van der Waals surface area contributed by atoms with E-state index in [4.69, 9.17) is 27.9 Å². The molecule has 2 rings (SSSR count). The van der Waals surface area contributed by atoms with Gasteiger partial charge in [-0.15, -0.1) is 0 Å². The van der Waals surface area contributed by atoms with Crippen LogP contribution >= 0.6 is 23.2 Å². The van der Waals surface area contributed by atoms with E-state index in [0.717, 1.165) is 6.07 Å². The zero-order valence-corrected chi connectivity index (χ0v) is 14.4. The van der Waals surface area contributed by atoms with Crippen molar-refractivity contribution in [1.82, 2.24) is 0 Å². The molecular weight excluding hydrogens is 380 g/mol. The molecule has 0 aliphatic carbocycles. The zero-order valence-electron chi connectivity index (χ0n) is 12.9. The number of carbonyl (C=O) groups excluding carboxylic acids is 1. The second kappa shape index (κ2) is 7.84. The van der Waals surface area contributed by atoms with Gasteiger partial charge in [0, 0.05) is 16.4 Å². The average molecular weight is 393 g/mol. The lowest BCUT2D eigenvalue weighted by Gasteiger charge is -2.15. The molecule has 1 amide bonds. The number of ether oxygens (including phenoxy) is 1. The molecule has 4 nitrogen and oxygen atoms in total. The van der Waals surface area contributed by atoms with Crippen LogP contribution in [-0.2, 0) is 11.0 Å². The lowest BCUT2D eigenvalue weighted by atomic mass is 10.1. The number of amides is 1. The van der Waals surface area contributed by atoms with Crippen LogP contribution in [0.4, 0.5) is 24.5 Å². The fourth-order valence-electron chi connectivity index (χ4n) is 2.03. The van der Waals surface area contributed by atoms with Crippen molar-refractivity contribution in [2.45, 2.75) is 6.18 Å². The van der Waals surface area contributed by atoms with E-state index in [1.807, 2.05) is 0 Å². The van der Waals surface area contributed by atoms with Crippen LogP contribution in [0, 0.1) is 0 Å². The number of benzene rings is 2. The van der Waals surface area contributed by atoms with Gasteiger partial charge in [-0.2, -0.15) is 13.2 Å². The third-order valence-corrected chi connectivity index (χ3v) is 3.69. The highest BCUT2D eigenvalue weighted by Crippen LogP contribution is 2.36. The molecule has 9 heteroatoms. The molecule has 0 radical (unpaired) electrons. The molecule has 2 aromatic rings. The van der Waals surface area contributed by atoms with Crippen molar-refractivity contribution in [3.63, 3.8) is 0 Å². The summed E-state index contributed by atoms with van der Waals surface area (Å²) < 4.78 is 44.0. The summed E-state index contributed by atoms with van der Waals surface area (Å²) in [4.78, 5) is 11.9. The Balaban J connectivity index is 2.04. The smallest absolute Gasteiger partial charge is 0.418 e. The summed E-state index contributed by atoms with van der Waals surface area (Å²) in [6.45, 7) is -0.367. The summed E-state index contributed by atoms with van der Waals surface area (Å²) in [7, 11) is 1.45. The zero-order chi connectivity index (χ0) is 18.6. The highest BCUT2D eigenvalue weighted by atomic mass is 35.5. The molecule has 0 aliphatic rings. The Bertz CT molecular complexity index is 782. The topological polar surface area (TPSA) is 50.4 Å². The van der Waals surface area contributed by atoms with Crippen molar-refractivity contribution in [2.24, 2.45) is 0 Å². The minimum Gasteiger partial charge on any atom is -0.495 e. The molecule has 0 fully saturated rings. The predicted octanol–water partition coefficient (Wildman–Crippen LogP) is 5.07. The van der Waals surface area contributed by atoms with Crippen LogP contribution in [0.15, 0.2) is 36.4 Å². The van der Waals surface area contributed by atoms with Gasteiger partial charge in [0.2, 0.25) is 5.91 Å². The van der Waals surface area contributed by atoms with Crippen LogP contribution in [-0.4, -0.2) is 19.6 Å².